The Morgan fingerprint density at radius 1 is 0.886 bits per heavy atom. The number of carbonyl (C=O) groups is 4. The van der Waals surface area contributed by atoms with E-state index in [1.807, 2.05) is 81.1 Å². The quantitative estimate of drug-likeness (QED) is 0.0307. The van der Waals surface area contributed by atoms with Crippen molar-refractivity contribution < 1.29 is 38.1 Å². The summed E-state index contributed by atoms with van der Waals surface area (Å²) in [7, 11) is 0. The molecule has 0 radical (unpaired) electrons. The molecule has 0 saturated carbocycles. The van der Waals surface area contributed by atoms with Crippen LogP contribution in [0.25, 0.3) is 15.4 Å². The van der Waals surface area contributed by atoms with Crippen molar-refractivity contribution in [3.05, 3.63) is 104 Å². The molecule has 3 amide bonds. The van der Waals surface area contributed by atoms with E-state index in [4.69, 9.17) is 36.0 Å². The van der Waals surface area contributed by atoms with Crippen LogP contribution in [0.5, 0.6) is 0 Å². The molecule has 0 bridgehead atoms. The maximum absolute atomic E-state index is 13.2. The van der Waals surface area contributed by atoms with Gasteiger partial charge in [-0.1, -0.05) is 75.7 Å². The van der Waals surface area contributed by atoms with E-state index in [1.165, 1.54) is 4.90 Å². The first kappa shape index (κ1) is 55.6. The molecule has 5 aromatic rings. The van der Waals surface area contributed by atoms with Gasteiger partial charge in [-0.15, -0.1) is 32.9 Å². The van der Waals surface area contributed by atoms with E-state index in [1.54, 1.807) is 34.8 Å². The second-order valence-corrected chi connectivity index (χ2v) is 20.0. The molecule has 1 saturated heterocycles. The summed E-state index contributed by atoms with van der Waals surface area (Å²) in [6.45, 7) is 17.8. The van der Waals surface area contributed by atoms with Crippen molar-refractivity contribution >= 4 is 63.7 Å². The predicted octanol–water partition coefficient (Wildman–Crippen LogP) is 8.00. The smallest absolute Gasteiger partial charge is 0.309 e. The van der Waals surface area contributed by atoms with Crippen molar-refractivity contribution in [3.63, 3.8) is 0 Å². The van der Waals surface area contributed by atoms with Crippen molar-refractivity contribution in [3.8, 4) is 15.4 Å². The maximum Gasteiger partial charge on any atom is 0.309 e. The number of hydrogen-bond acceptors (Lipinski definition) is 14. The lowest BCUT2D eigenvalue weighted by molar-refractivity contribution is -0.150. The van der Waals surface area contributed by atoms with Crippen LogP contribution in [0.15, 0.2) is 54.0 Å². The van der Waals surface area contributed by atoms with Crippen LogP contribution in [0, 0.1) is 44.9 Å². The van der Waals surface area contributed by atoms with Crippen molar-refractivity contribution in [2.24, 2.45) is 11.8 Å². The fourth-order valence-electron chi connectivity index (χ4n) is 7.49. The van der Waals surface area contributed by atoms with Crippen molar-refractivity contribution in [1.29, 1.82) is 5.41 Å². The lowest BCUT2D eigenvalue weighted by Gasteiger charge is -2.24. The first-order valence-electron chi connectivity index (χ1n) is 23.7. The summed E-state index contributed by atoms with van der Waals surface area (Å²) in [5.41, 5.74) is 7.73. The number of benzene rings is 2. The Morgan fingerprint density at radius 2 is 1.54 bits per heavy atom. The molecule has 378 valence electrons. The first-order chi connectivity index (χ1) is 33.6. The fraction of sp³-hybridized carbons (Fsp3) is 0.490. The molecule has 19 heteroatoms. The highest BCUT2D eigenvalue weighted by molar-refractivity contribution is 7.15. The summed E-state index contributed by atoms with van der Waals surface area (Å²) in [6, 6.07) is 14.6. The first-order valence-corrected chi connectivity index (χ1v) is 25.8. The van der Waals surface area contributed by atoms with Gasteiger partial charge in [0.25, 0.3) is 0 Å². The highest BCUT2D eigenvalue weighted by atomic mass is 35.5. The fourth-order valence-corrected chi connectivity index (χ4v) is 9.66. The molecule has 0 aliphatic carbocycles. The zero-order valence-electron chi connectivity index (χ0n) is 41.5. The molecule has 70 heavy (non-hydrogen) atoms. The standard InChI is InChI=1S/C47H57ClN8O8S2.C4H10/c1-6-34(24-39-54-53-32(5)56(39)46-42(29(2)31(4)66-46)43(49)35-13-15-37(48)16-14-35)47(60)64-23-22-62-19-18-61-20-21-63-27-40(57)50-26-41(58)55-17-7-8-38(55)45(59)51-25-33-9-11-36(12-10-33)44-30(3)52-28-65-44;1-4(2)3/h9-16,28,34,38,49H,6-8,17-27H2,1-5H3,(H,50,57)(H,51,59);4H,1-3H3/t34-,38?;/m1./s1. The highest BCUT2D eigenvalue weighted by Gasteiger charge is 2.34. The highest BCUT2D eigenvalue weighted by Crippen LogP contribution is 2.35. The number of likely N-dealkylation sites (tertiary alicyclic amines) is 1. The molecule has 1 fully saturated rings. The van der Waals surface area contributed by atoms with Gasteiger partial charge in [-0.3, -0.25) is 29.2 Å². The molecule has 0 spiro atoms. The minimum absolute atomic E-state index is 0.0726. The largest absolute Gasteiger partial charge is 0.463 e. The number of hydrogen-bond donors (Lipinski definition) is 3. The molecule has 4 heterocycles. The third-order valence-corrected chi connectivity index (χ3v) is 13.7. The number of amides is 3. The summed E-state index contributed by atoms with van der Waals surface area (Å²) in [6.07, 6.45) is 2.10. The van der Waals surface area contributed by atoms with E-state index < -0.39 is 17.9 Å². The molecule has 2 atom stereocenters. The van der Waals surface area contributed by atoms with Gasteiger partial charge in [0.15, 0.2) is 0 Å². The number of aromatic nitrogens is 4. The van der Waals surface area contributed by atoms with E-state index in [-0.39, 0.29) is 70.6 Å². The van der Waals surface area contributed by atoms with E-state index in [0.717, 1.165) is 54.2 Å². The minimum Gasteiger partial charge on any atom is -0.463 e. The number of esters is 1. The lowest BCUT2D eigenvalue weighted by atomic mass is 9.99. The Hall–Kier alpha value is -5.37. The van der Waals surface area contributed by atoms with E-state index in [9.17, 15) is 19.2 Å². The Kier molecular flexibility index (Phi) is 22.1. The Bertz CT molecular complexity index is 2500. The molecule has 1 aliphatic heterocycles. The van der Waals surface area contributed by atoms with Gasteiger partial charge in [0.2, 0.25) is 17.7 Å². The molecule has 1 aliphatic rings. The van der Waals surface area contributed by atoms with E-state index >= 15 is 0 Å². The van der Waals surface area contributed by atoms with Crippen LogP contribution < -0.4 is 10.6 Å². The molecular weight excluding hydrogens is 952 g/mol. The topological polar surface area (TPSA) is 200 Å². The van der Waals surface area contributed by atoms with Crippen molar-refractivity contribution in [2.75, 3.05) is 59.3 Å². The molecule has 16 nitrogen and oxygen atoms in total. The van der Waals surface area contributed by atoms with Crippen molar-refractivity contribution in [1.82, 2.24) is 35.3 Å². The van der Waals surface area contributed by atoms with Gasteiger partial charge in [0, 0.05) is 40.5 Å². The number of halogens is 1. The molecule has 1 unspecified atom stereocenters. The molecule has 2 aromatic carbocycles. The van der Waals surface area contributed by atoms with Crippen LogP contribution in [0.3, 0.4) is 0 Å². The van der Waals surface area contributed by atoms with Gasteiger partial charge in [-0.25, -0.2) is 4.98 Å². The number of aryl methyl sites for hydroxylation is 3. The number of nitrogens with zero attached hydrogens (tertiary/aromatic N) is 5. The summed E-state index contributed by atoms with van der Waals surface area (Å²) >= 11 is 9.26. The van der Waals surface area contributed by atoms with Crippen LogP contribution in [-0.4, -0.2) is 119 Å². The van der Waals surface area contributed by atoms with Crippen LogP contribution in [0.2, 0.25) is 5.02 Å². The van der Waals surface area contributed by atoms with Crippen LogP contribution >= 0.6 is 34.3 Å². The molecule has 6 rings (SSSR count). The van der Waals surface area contributed by atoms with Crippen LogP contribution in [0.4, 0.5) is 0 Å². The van der Waals surface area contributed by atoms with Gasteiger partial charge < -0.3 is 34.5 Å². The number of ether oxygens (including phenoxy) is 4. The molecular formula is C51H67ClN8O8S2. The average Bonchev–Trinajstić information content (AvgIpc) is 4.15. The van der Waals surface area contributed by atoms with Crippen molar-refractivity contribution in [2.45, 2.75) is 93.7 Å². The third-order valence-electron chi connectivity index (χ3n) is 11.3. The number of carbonyl (C=O) groups excluding carboxylic acids is 4. The number of thiazole rings is 1. The van der Waals surface area contributed by atoms with E-state index in [0.29, 0.717) is 61.2 Å². The summed E-state index contributed by atoms with van der Waals surface area (Å²) < 4.78 is 24.0. The SMILES string of the molecule is CC(C)C.CC[C@H](Cc1nnc(C)n1-c1sc(C)c(C)c1C(=N)c1ccc(Cl)cc1)C(=O)OCCOCCOCCOCC(=O)NCC(=O)N1CCCC1C(=O)NCc1ccc(-c2scnc2C)cc1. The third kappa shape index (κ3) is 16.1. The number of thiophene rings is 1. The summed E-state index contributed by atoms with van der Waals surface area (Å²) in [4.78, 5) is 59.5. The lowest BCUT2D eigenvalue weighted by Crippen LogP contribution is -2.49. The second kappa shape index (κ2) is 27.9. The normalized spacial score (nSPS) is 13.7. The number of nitrogens with one attached hydrogen (secondary N) is 3. The predicted molar refractivity (Wildman–Crippen MR) is 274 cm³/mol. The Labute approximate surface area is 424 Å². The molecule has 3 N–H and O–H groups in total. The summed E-state index contributed by atoms with van der Waals surface area (Å²) in [5, 5.41) is 24.8. The molecule has 3 aromatic heterocycles. The van der Waals surface area contributed by atoms with Gasteiger partial charge in [-0.05, 0) is 81.7 Å². The van der Waals surface area contributed by atoms with Crippen LogP contribution in [0.1, 0.15) is 91.4 Å². The monoisotopic (exact) mass is 1020 g/mol. The van der Waals surface area contributed by atoms with Gasteiger partial charge in [-0.2, -0.15) is 0 Å². The van der Waals surface area contributed by atoms with Crippen LogP contribution in [-0.2, 0) is 51.1 Å². The minimum atomic E-state index is -0.587. The van der Waals surface area contributed by atoms with E-state index in [2.05, 4.69) is 46.6 Å². The zero-order valence-corrected chi connectivity index (χ0v) is 43.9. The Balaban J connectivity index is 0.00000219. The van der Waals surface area contributed by atoms with Gasteiger partial charge in [0.05, 0.1) is 67.3 Å². The second-order valence-electron chi connectivity index (χ2n) is 17.5. The summed E-state index contributed by atoms with van der Waals surface area (Å²) in [5.74, 6) is 0.286. The average molecular weight is 1020 g/mol. The van der Waals surface area contributed by atoms with Gasteiger partial charge >= 0.3 is 5.97 Å². The maximum atomic E-state index is 13.2. The number of rotatable bonds is 24. The van der Waals surface area contributed by atoms with Gasteiger partial charge in [0.1, 0.15) is 35.9 Å². The Morgan fingerprint density at radius 3 is 2.19 bits per heavy atom. The zero-order chi connectivity index (χ0) is 50.7.